The van der Waals surface area contributed by atoms with Crippen LogP contribution in [0.2, 0.25) is 0 Å². The molecule has 0 heterocycles. The first-order valence-electron chi connectivity index (χ1n) is 7.20. The van der Waals surface area contributed by atoms with E-state index in [9.17, 15) is 14.9 Å². The molecule has 22 heavy (non-hydrogen) atoms. The van der Waals surface area contributed by atoms with Crippen LogP contribution in [0.1, 0.15) is 26.7 Å². The van der Waals surface area contributed by atoms with Crippen LogP contribution in [-0.4, -0.2) is 35.6 Å². The van der Waals surface area contributed by atoms with Crippen molar-refractivity contribution in [2.75, 3.05) is 25.0 Å². The largest absolute Gasteiger partial charge is 0.396 e. The molecule has 1 aromatic rings. The average molecular weight is 309 g/mol. The van der Waals surface area contributed by atoms with Gasteiger partial charge in [0.2, 0.25) is 5.91 Å². The molecular formula is C15H23N3O4. The summed E-state index contributed by atoms with van der Waals surface area (Å²) in [5.41, 5.74) is 0.240. The summed E-state index contributed by atoms with van der Waals surface area (Å²) in [4.78, 5) is 22.2. The second kappa shape index (κ2) is 8.33. The fraction of sp³-hybridized carbons (Fsp3) is 0.533. The molecule has 0 aliphatic rings. The van der Waals surface area contributed by atoms with Crippen molar-refractivity contribution in [3.05, 3.63) is 34.4 Å². The van der Waals surface area contributed by atoms with Crippen LogP contribution in [0, 0.1) is 15.5 Å². The molecule has 7 heteroatoms. The lowest BCUT2D eigenvalue weighted by atomic mass is 9.90. The van der Waals surface area contributed by atoms with Crippen molar-refractivity contribution in [2.24, 2.45) is 5.41 Å². The molecule has 1 aromatic carbocycles. The Bertz CT molecular complexity index is 517. The Morgan fingerprint density at radius 1 is 1.36 bits per heavy atom. The van der Waals surface area contributed by atoms with Crippen molar-refractivity contribution in [1.82, 2.24) is 5.32 Å². The van der Waals surface area contributed by atoms with Crippen molar-refractivity contribution in [3.8, 4) is 0 Å². The lowest BCUT2D eigenvalue weighted by Gasteiger charge is -2.23. The van der Waals surface area contributed by atoms with Crippen LogP contribution >= 0.6 is 0 Å². The molecule has 3 N–H and O–H groups in total. The Kier molecular flexibility index (Phi) is 6.78. The van der Waals surface area contributed by atoms with Crippen molar-refractivity contribution >= 4 is 17.3 Å². The highest BCUT2D eigenvalue weighted by Crippen LogP contribution is 2.23. The summed E-state index contributed by atoms with van der Waals surface area (Å²) in [5.74, 6) is -0.128. The molecule has 0 aromatic heterocycles. The van der Waals surface area contributed by atoms with Gasteiger partial charge >= 0.3 is 0 Å². The summed E-state index contributed by atoms with van der Waals surface area (Å²) in [6.07, 6.45) is 0.836. The highest BCUT2D eigenvalue weighted by molar-refractivity contribution is 5.76. The zero-order valence-corrected chi connectivity index (χ0v) is 13.0. The van der Waals surface area contributed by atoms with Gasteiger partial charge in [0.1, 0.15) is 5.69 Å². The van der Waals surface area contributed by atoms with E-state index in [1.807, 2.05) is 13.8 Å². The van der Waals surface area contributed by atoms with E-state index in [0.717, 1.165) is 0 Å². The van der Waals surface area contributed by atoms with Gasteiger partial charge in [0.25, 0.3) is 5.69 Å². The molecule has 0 aliphatic carbocycles. The third-order valence-corrected chi connectivity index (χ3v) is 3.32. The zero-order chi connectivity index (χ0) is 16.6. The van der Waals surface area contributed by atoms with E-state index in [1.54, 1.807) is 18.2 Å². The first-order chi connectivity index (χ1) is 10.4. The number of amides is 1. The van der Waals surface area contributed by atoms with Gasteiger partial charge in [-0.1, -0.05) is 26.0 Å². The number of para-hydroxylation sites is 2. The predicted molar refractivity (Wildman–Crippen MR) is 84.7 cm³/mol. The fourth-order valence-electron chi connectivity index (χ4n) is 1.91. The van der Waals surface area contributed by atoms with Gasteiger partial charge in [0.05, 0.1) is 4.92 Å². The minimum atomic E-state index is -0.459. The monoisotopic (exact) mass is 309 g/mol. The smallest absolute Gasteiger partial charge is 0.292 e. The van der Waals surface area contributed by atoms with Crippen LogP contribution in [0.4, 0.5) is 11.4 Å². The van der Waals surface area contributed by atoms with E-state index in [1.165, 1.54) is 6.07 Å². The number of rotatable bonds is 9. The van der Waals surface area contributed by atoms with Gasteiger partial charge in [-0.05, 0) is 17.9 Å². The molecule has 0 bridgehead atoms. The van der Waals surface area contributed by atoms with E-state index in [2.05, 4.69) is 10.6 Å². The number of hydrogen-bond acceptors (Lipinski definition) is 5. The summed E-state index contributed by atoms with van der Waals surface area (Å²) in [7, 11) is 0. The highest BCUT2D eigenvalue weighted by Gasteiger charge is 2.18. The van der Waals surface area contributed by atoms with Crippen LogP contribution < -0.4 is 10.6 Å². The number of nitro groups is 1. The second-order valence-corrected chi connectivity index (χ2v) is 5.87. The third kappa shape index (κ3) is 6.09. The number of carbonyl (C=O) groups is 1. The quantitative estimate of drug-likeness (QED) is 0.477. The van der Waals surface area contributed by atoms with Crippen LogP contribution in [0.5, 0.6) is 0 Å². The maximum atomic E-state index is 11.8. The van der Waals surface area contributed by atoms with Gasteiger partial charge in [-0.2, -0.15) is 0 Å². The zero-order valence-electron chi connectivity index (χ0n) is 13.0. The molecule has 0 saturated heterocycles. The molecule has 1 rings (SSSR count). The van der Waals surface area contributed by atoms with Crippen molar-refractivity contribution in [1.29, 1.82) is 0 Å². The molecule has 0 radical (unpaired) electrons. The number of anilines is 1. The maximum absolute atomic E-state index is 11.8. The lowest BCUT2D eigenvalue weighted by Crippen LogP contribution is -2.35. The molecule has 122 valence electrons. The van der Waals surface area contributed by atoms with Gasteiger partial charge in [0, 0.05) is 32.2 Å². The Hall–Kier alpha value is -2.15. The molecule has 0 unspecified atom stereocenters. The predicted octanol–water partition coefficient (Wildman–Crippen LogP) is 1.92. The Morgan fingerprint density at radius 3 is 2.68 bits per heavy atom. The number of aliphatic hydroxyl groups is 1. The first-order valence-corrected chi connectivity index (χ1v) is 7.20. The number of nitrogens with zero attached hydrogens (tertiary/aromatic N) is 1. The van der Waals surface area contributed by atoms with Crippen LogP contribution in [0.15, 0.2) is 24.3 Å². The van der Waals surface area contributed by atoms with Crippen molar-refractivity contribution < 1.29 is 14.8 Å². The molecule has 0 saturated carbocycles. The molecule has 7 nitrogen and oxygen atoms in total. The van der Waals surface area contributed by atoms with Gasteiger partial charge in [-0.25, -0.2) is 0 Å². The molecule has 0 atom stereocenters. The van der Waals surface area contributed by atoms with Gasteiger partial charge < -0.3 is 15.7 Å². The number of nitrogens with one attached hydrogen (secondary N) is 2. The number of aliphatic hydroxyl groups excluding tert-OH is 1. The molecule has 0 fully saturated rings. The van der Waals surface area contributed by atoms with E-state index < -0.39 is 4.92 Å². The van der Waals surface area contributed by atoms with E-state index in [-0.39, 0.29) is 30.0 Å². The number of hydrogen-bond donors (Lipinski definition) is 3. The van der Waals surface area contributed by atoms with Gasteiger partial charge in [0.15, 0.2) is 0 Å². The molecule has 0 spiro atoms. The average Bonchev–Trinajstić information content (AvgIpc) is 2.45. The normalized spacial score (nSPS) is 11.0. The van der Waals surface area contributed by atoms with Gasteiger partial charge in [-0.15, -0.1) is 0 Å². The van der Waals surface area contributed by atoms with Gasteiger partial charge in [-0.3, -0.25) is 14.9 Å². The summed E-state index contributed by atoms with van der Waals surface area (Å²) in [6.45, 7) is 4.82. The summed E-state index contributed by atoms with van der Waals surface area (Å²) in [6, 6.07) is 6.33. The van der Waals surface area contributed by atoms with Crippen molar-refractivity contribution in [2.45, 2.75) is 26.7 Å². The second-order valence-electron chi connectivity index (χ2n) is 5.87. The van der Waals surface area contributed by atoms with E-state index >= 15 is 0 Å². The molecule has 1 amide bonds. The Labute approximate surface area is 129 Å². The topological polar surface area (TPSA) is 104 Å². The Morgan fingerprint density at radius 2 is 2.05 bits per heavy atom. The summed E-state index contributed by atoms with van der Waals surface area (Å²) in [5, 5.41) is 25.5. The Balaban J connectivity index is 2.39. The lowest BCUT2D eigenvalue weighted by molar-refractivity contribution is -0.384. The number of nitro benzene ring substituents is 1. The summed E-state index contributed by atoms with van der Waals surface area (Å²) < 4.78 is 0. The van der Waals surface area contributed by atoms with Crippen LogP contribution in [0.25, 0.3) is 0 Å². The van der Waals surface area contributed by atoms with Crippen molar-refractivity contribution in [3.63, 3.8) is 0 Å². The number of carbonyl (C=O) groups excluding carboxylic acids is 1. The fourth-order valence-corrected chi connectivity index (χ4v) is 1.91. The highest BCUT2D eigenvalue weighted by atomic mass is 16.6. The van der Waals surface area contributed by atoms with Crippen LogP contribution in [0.3, 0.4) is 0 Å². The third-order valence-electron chi connectivity index (χ3n) is 3.32. The summed E-state index contributed by atoms with van der Waals surface area (Å²) >= 11 is 0. The maximum Gasteiger partial charge on any atom is 0.292 e. The van der Waals surface area contributed by atoms with E-state index in [4.69, 9.17) is 5.11 Å². The van der Waals surface area contributed by atoms with E-state index in [0.29, 0.717) is 25.2 Å². The first kappa shape index (κ1) is 17.9. The SMILES string of the molecule is CC(C)(CCO)CNC(=O)CCNc1ccccc1[N+](=O)[O-]. The van der Waals surface area contributed by atoms with Crippen LogP contribution in [-0.2, 0) is 4.79 Å². The minimum absolute atomic E-state index is 0.00742. The molecular weight excluding hydrogens is 286 g/mol. The standard InChI is InChI=1S/C15H23N3O4/c1-15(2,8-10-19)11-17-14(20)7-9-16-12-5-3-4-6-13(12)18(21)22/h3-6,16,19H,7-11H2,1-2H3,(H,17,20). The molecule has 0 aliphatic heterocycles. The minimum Gasteiger partial charge on any atom is -0.396 e. The number of benzene rings is 1.